The van der Waals surface area contributed by atoms with Gasteiger partial charge >= 0.3 is 6.18 Å². The molecule has 0 N–H and O–H groups in total. The molecule has 5 heterocycles. The van der Waals surface area contributed by atoms with Crippen molar-refractivity contribution in [3.8, 4) is 11.5 Å². The van der Waals surface area contributed by atoms with Gasteiger partial charge in [0.05, 0.1) is 5.52 Å². The van der Waals surface area contributed by atoms with E-state index >= 15 is 0 Å². The topological polar surface area (TPSA) is 73.8 Å². The minimum Gasteiger partial charge on any atom is -0.263 e. The molecule has 0 aromatic carbocycles. The van der Waals surface area contributed by atoms with Crippen LogP contribution in [-0.4, -0.2) is 34.3 Å². The summed E-state index contributed by atoms with van der Waals surface area (Å²) < 4.78 is 68.0. The van der Waals surface area contributed by atoms with E-state index < -0.39 is 18.3 Å². The molecule has 30 heavy (non-hydrogen) atoms. The Morgan fingerprint density at radius 2 is 1.87 bits per heavy atom. The lowest BCUT2D eigenvalue weighted by atomic mass is 10.1. The molecule has 154 valence electrons. The molecule has 0 bridgehead atoms. The zero-order valence-corrected chi connectivity index (χ0v) is 16.1. The number of hydrogen-bond acceptors (Lipinski definition) is 6. The summed E-state index contributed by atoms with van der Waals surface area (Å²) in [5.41, 5.74) is 0.132. The Morgan fingerprint density at radius 3 is 2.53 bits per heavy atom. The Kier molecular flexibility index (Phi) is 3.84. The van der Waals surface area contributed by atoms with Crippen molar-refractivity contribution >= 4 is 37.4 Å². The lowest BCUT2D eigenvalue weighted by molar-refractivity contribution is -0.143. The molecule has 0 spiro atoms. The number of aryl methyl sites for hydroxylation is 2. The van der Waals surface area contributed by atoms with Crippen molar-refractivity contribution in [1.29, 1.82) is 0 Å². The third-order valence-corrected chi connectivity index (χ3v) is 5.68. The molecule has 7 nitrogen and oxygen atoms in total. The average molecular weight is 439 g/mol. The van der Waals surface area contributed by atoms with Crippen LogP contribution < -0.4 is 0 Å². The summed E-state index contributed by atoms with van der Waals surface area (Å²) >= 11 is 1.12. The lowest BCUT2D eigenvalue weighted by Gasteiger charge is -2.04. The van der Waals surface area contributed by atoms with Crippen LogP contribution >= 0.6 is 11.3 Å². The smallest absolute Gasteiger partial charge is 0.263 e. The maximum Gasteiger partial charge on any atom is 0.433 e. The van der Waals surface area contributed by atoms with Crippen LogP contribution in [0.15, 0.2) is 18.5 Å². The second-order valence-electron chi connectivity index (χ2n) is 6.61. The average Bonchev–Trinajstić information content (AvgIpc) is 3.33. The SMILES string of the molecule is Cc1cc(C(F)F)nc2sc3c(ncn4nc(-c5cc(C(F)(F)F)n(C)n5)nc34)c12. The fourth-order valence-corrected chi connectivity index (χ4v) is 4.48. The van der Waals surface area contributed by atoms with Gasteiger partial charge < -0.3 is 0 Å². The highest BCUT2D eigenvalue weighted by Gasteiger charge is 2.35. The van der Waals surface area contributed by atoms with Crippen LogP contribution in [0.1, 0.15) is 23.4 Å². The Bertz CT molecular complexity index is 1450. The van der Waals surface area contributed by atoms with Gasteiger partial charge in [-0.1, -0.05) is 0 Å². The van der Waals surface area contributed by atoms with Crippen LogP contribution in [0.5, 0.6) is 0 Å². The van der Waals surface area contributed by atoms with Gasteiger partial charge in [-0.25, -0.2) is 28.2 Å². The predicted octanol–water partition coefficient (Wildman–Crippen LogP) is 4.55. The number of halogens is 5. The highest BCUT2D eigenvalue weighted by Crippen LogP contribution is 2.37. The molecule has 5 rings (SSSR count). The number of rotatable bonds is 2. The van der Waals surface area contributed by atoms with E-state index in [0.29, 0.717) is 36.3 Å². The third-order valence-electron chi connectivity index (χ3n) is 4.61. The molecule has 0 radical (unpaired) electrons. The molecule has 0 aliphatic heterocycles. The normalized spacial score (nSPS) is 12.8. The first kappa shape index (κ1) is 18.8. The summed E-state index contributed by atoms with van der Waals surface area (Å²) in [5.74, 6) is -0.00851. The van der Waals surface area contributed by atoms with E-state index in [2.05, 4.69) is 25.1 Å². The fourth-order valence-electron chi connectivity index (χ4n) is 3.30. The second-order valence-corrected chi connectivity index (χ2v) is 7.61. The quantitative estimate of drug-likeness (QED) is 0.377. The van der Waals surface area contributed by atoms with Crippen molar-refractivity contribution in [3.05, 3.63) is 35.4 Å². The van der Waals surface area contributed by atoms with E-state index in [-0.39, 0.29) is 17.2 Å². The van der Waals surface area contributed by atoms with E-state index in [9.17, 15) is 22.0 Å². The van der Waals surface area contributed by atoms with Gasteiger partial charge in [-0.3, -0.25) is 4.68 Å². The number of hydrogen-bond donors (Lipinski definition) is 0. The predicted molar refractivity (Wildman–Crippen MR) is 98.4 cm³/mol. The van der Waals surface area contributed by atoms with Crippen molar-refractivity contribution in [2.24, 2.45) is 7.05 Å². The van der Waals surface area contributed by atoms with Crippen LogP contribution in [0, 0.1) is 6.92 Å². The fraction of sp³-hybridized carbons (Fsp3) is 0.235. The molecule has 13 heteroatoms. The van der Waals surface area contributed by atoms with Crippen LogP contribution in [0.2, 0.25) is 0 Å². The highest BCUT2D eigenvalue weighted by atomic mass is 32.1. The summed E-state index contributed by atoms with van der Waals surface area (Å²) in [5, 5.41) is 8.66. The molecule has 0 saturated carbocycles. The number of nitrogens with zero attached hydrogens (tertiary/aromatic N) is 7. The number of aromatic nitrogens is 7. The van der Waals surface area contributed by atoms with Gasteiger partial charge in [0.2, 0.25) is 5.82 Å². The summed E-state index contributed by atoms with van der Waals surface area (Å²) in [6.45, 7) is 1.69. The van der Waals surface area contributed by atoms with E-state index in [0.717, 1.165) is 17.4 Å². The monoisotopic (exact) mass is 439 g/mol. The zero-order chi connectivity index (χ0) is 21.4. The first-order valence-electron chi connectivity index (χ1n) is 8.48. The summed E-state index contributed by atoms with van der Waals surface area (Å²) in [7, 11) is 1.18. The molecule has 5 aromatic heterocycles. The van der Waals surface area contributed by atoms with Crippen molar-refractivity contribution < 1.29 is 22.0 Å². The number of pyridine rings is 1. The van der Waals surface area contributed by atoms with Crippen LogP contribution in [0.3, 0.4) is 0 Å². The van der Waals surface area contributed by atoms with Crippen LogP contribution in [0.25, 0.3) is 37.6 Å². The Hall–Kier alpha value is -3.22. The van der Waals surface area contributed by atoms with Crippen LogP contribution in [0.4, 0.5) is 22.0 Å². The maximum atomic E-state index is 13.1. The molecular weight excluding hydrogens is 429 g/mol. The van der Waals surface area contributed by atoms with Gasteiger partial charge in [-0.05, 0) is 24.6 Å². The Morgan fingerprint density at radius 1 is 1.10 bits per heavy atom. The van der Waals surface area contributed by atoms with Crippen molar-refractivity contribution in [1.82, 2.24) is 34.3 Å². The van der Waals surface area contributed by atoms with Gasteiger partial charge in [-0.2, -0.15) is 18.3 Å². The number of fused-ring (bicyclic) bond motifs is 5. The maximum absolute atomic E-state index is 13.1. The van der Waals surface area contributed by atoms with E-state index in [1.54, 1.807) is 6.92 Å². The molecule has 0 amide bonds. The second kappa shape index (κ2) is 6.14. The van der Waals surface area contributed by atoms with Crippen molar-refractivity contribution in [3.63, 3.8) is 0 Å². The van der Waals surface area contributed by atoms with Gasteiger partial charge in [0.15, 0.2) is 5.65 Å². The van der Waals surface area contributed by atoms with E-state index in [1.165, 1.54) is 24.0 Å². The van der Waals surface area contributed by atoms with Gasteiger partial charge in [0.1, 0.15) is 32.9 Å². The van der Waals surface area contributed by atoms with E-state index in [4.69, 9.17) is 0 Å². The van der Waals surface area contributed by atoms with Crippen molar-refractivity contribution in [2.45, 2.75) is 19.5 Å². The Balaban J connectivity index is 1.73. The summed E-state index contributed by atoms with van der Waals surface area (Å²) in [4.78, 5) is 13.1. The lowest BCUT2D eigenvalue weighted by Crippen LogP contribution is -2.11. The Labute approximate surface area is 167 Å². The molecule has 0 saturated heterocycles. The first-order valence-corrected chi connectivity index (χ1v) is 9.30. The van der Waals surface area contributed by atoms with Gasteiger partial charge in [-0.15, -0.1) is 16.4 Å². The van der Waals surface area contributed by atoms with Crippen molar-refractivity contribution in [2.75, 3.05) is 0 Å². The van der Waals surface area contributed by atoms with Crippen LogP contribution in [-0.2, 0) is 13.2 Å². The van der Waals surface area contributed by atoms with Gasteiger partial charge in [0, 0.05) is 12.4 Å². The summed E-state index contributed by atoms with van der Waals surface area (Å²) in [6.07, 6.45) is -5.91. The largest absolute Gasteiger partial charge is 0.433 e. The number of alkyl halides is 5. The summed E-state index contributed by atoms with van der Waals surface area (Å²) in [6, 6.07) is 2.18. The highest BCUT2D eigenvalue weighted by molar-refractivity contribution is 7.26. The first-order chi connectivity index (χ1) is 14.1. The molecule has 0 aliphatic carbocycles. The molecule has 0 fully saturated rings. The molecule has 0 aliphatic rings. The molecule has 0 atom stereocenters. The zero-order valence-electron chi connectivity index (χ0n) is 15.2. The molecular formula is C17H10F5N7S. The van der Waals surface area contributed by atoms with Gasteiger partial charge in [0.25, 0.3) is 6.43 Å². The standard InChI is InChI=1S/C17H10F5N7S/c1-6-3-7(13(18)19)24-16-10(6)11-12(30-16)15-25-14(27-29(15)5-23-11)8-4-9(17(20,21)22)28(2)26-8/h3-5,13H,1-2H3. The third kappa shape index (κ3) is 2.72. The minimum atomic E-state index is -4.56. The molecule has 5 aromatic rings. The van der Waals surface area contributed by atoms with E-state index in [1.807, 2.05) is 0 Å². The molecule has 0 unspecified atom stereocenters. The minimum absolute atomic E-state index is 0.00851. The number of thiophene rings is 1.